The van der Waals surface area contributed by atoms with E-state index in [4.69, 9.17) is 10.5 Å². The van der Waals surface area contributed by atoms with Gasteiger partial charge in [-0.05, 0) is 29.8 Å². The first-order valence-electron chi connectivity index (χ1n) is 5.08. The van der Waals surface area contributed by atoms with E-state index in [-0.39, 0.29) is 5.69 Å². The molecule has 88 valence electrons. The number of nitrogens with two attached hydrogens (primary N) is 1. The van der Waals surface area contributed by atoms with Gasteiger partial charge in [0.1, 0.15) is 23.9 Å². The zero-order valence-corrected chi connectivity index (χ0v) is 10.6. The van der Waals surface area contributed by atoms with Crippen molar-refractivity contribution >= 4 is 21.6 Å². The predicted molar refractivity (Wildman–Crippen MR) is 69.3 cm³/mol. The lowest BCUT2D eigenvalue weighted by Gasteiger charge is -2.09. The molecule has 0 fully saturated rings. The van der Waals surface area contributed by atoms with E-state index in [1.54, 1.807) is 12.1 Å². The highest BCUT2D eigenvalue weighted by Gasteiger charge is 2.05. The Morgan fingerprint density at radius 1 is 1.18 bits per heavy atom. The highest BCUT2D eigenvalue weighted by Crippen LogP contribution is 2.24. The van der Waals surface area contributed by atoms with Gasteiger partial charge in [0.2, 0.25) is 0 Å². The van der Waals surface area contributed by atoms with Gasteiger partial charge in [0.15, 0.2) is 0 Å². The highest BCUT2D eigenvalue weighted by atomic mass is 79.9. The van der Waals surface area contributed by atoms with Crippen LogP contribution in [-0.2, 0) is 6.61 Å². The summed E-state index contributed by atoms with van der Waals surface area (Å²) in [7, 11) is 0. The van der Waals surface area contributed by atoms with Gasteiger partial charge in [0.05, 0.1) is 0 Å². The van der Waals surface area contributed by atoms with Crippen LogP contribution in [0.3, 0.4) is 0 Å². The van der Waals surface area contributed by atoms with Crippen LogP contribution in [0.25, 0.3) is 0 Å². The summed E-state index contributed by atoms with van der Waals surface area (Å²) in [5, 5.41) is 0. The molecule has 0 aromatic heterocycles. The average molecular weight is 296 g/mol. The normalized spacial score (nSPS) is 10.2. The van der Waals surface area contributed by atoms with Crippen molar-refractivity contribution in [2.24, 2.45) is 0 Å². The monoisotopic (exact) mass is 295 g/mol. The number of hydrogen-bond acceptors (Lipinski definition) is 2. The molecule has 0 radical (unpaired) electrons. The lowest BCUT2D eigenvalue weighted by Crippen LogP contribution is -2.00. The first-order chi connectivity index (χ1) is 8.16. The molecule has 0 bridgehead atoms. The molecule has 0 aliphatic carbocycles. The second-order valence-corrected chi connectivity index (χ2v) is 4.49. The molecular formula is C13H11BrFNO. The summed E-state index contributed by atoms with van der Waals surface area (Å²) in [5.41, 5.74) is 6.60. The van der Waals surface area contributed by atoms with Gasteiger partial charge in [0.25, 0.3) is 0 Å². The number of rotatable bonds is 3. The van der Waals surface area contributed by atoms with Gasteiger partial charge >= 0.3 is 0 Å². The topological polar surface area (TPSA) is 35.2 Å². The van der Waals surface area contributed by atoms with Gasteiger partial charge in [-0.15, -0.1) is 0 Å². The summed E-state index contributed by atoms with van der Waals surface area (Å²) in [4.78, 5) is 0. The summed E-state index contributed by atoms with van der Waals surface area (Å²) >= 11 is 3.37. The summed E-state index contributed by atoms with van der Waals surface area (Å²) in [6.07, 6.45) is 0. The SMILES string of the molecule is Nc1c(F)cccc1OCc1cccc(Br)c1. The molecule has 0 saturated heterocycles. The van der Waals surface area contributed by atoms with Crippen LogP contribution in [0.4, 0.5) is 10.1 Å². The average Bonchev–Trinajstić information content (AvgIpc) is 2.31. The van der Waals surface area contributed by atoms with Crippen LogP contribution in [0.2, 0.25) is 0 Å². The Balaban J connectivity index is 2.10. The van der Waals surface area contributed by atoms with E-state index >= 15 is 0 Å². The molecule has 4 heteroatoms. The predicted octanol–water partition coefficient (Wildman–Crippen LogP) is 3.75. The zero-order chi connectivity index (χ0) is 12.3. The number of hydrogen-bond donors (Lipinski definition) is 1. The van der Waals surface area contributed by atoms with Gasteiger partial charge in [-0.1, -0.05) is 34.1 Å². The van der Waals surface area contributed by atoms with Crippen molar-refractivity contribution in [1.82, 2.24) is 0 Å². The Bertz CT molecular complexity index is 531. The molecule has 17 heavy (non-hydrogen) atoms. The van der Waals surface area contributed by atoms with Gasteiger partial charge < -0.3 is 10.5 Å². The third kappa shape index (κ3) is 2.97. The Hall–Kier alpha value is -1.55. The molecule has 2 aromatic carbocycles. The Labute approximate surface area is 107 Å². The van der Waals surface area contributed by atoms with Crippen LogP contribution in [0.5, 0.6) is 5.75 Å². The molecule has 0 amide bonds. The molecule has 0 aliphatic heterocycles. The summed E-state index contributed by atoms with van der Waals surface area (Å²) in [6, 6.07) is 12.2. The number of halogens is 2. The van der Waals surface area contributed by atoms with Crippen LogP contribution < -0.4 is 10.5 Å². The minimum atomic E-state index is -0.461. The Morgan fingerprint density at radius 2 is 1.94 bits per heavy atom. The van der Waals surface area contributed by atoms with Crippen molar-refractivity contribution < 1.29 is 9.13 Å². The number of anilines is 1. The maximum Gasteiger partial charge on any atom is 0.149 e. The van der Waals surface area contributed by atoms with E-state index < -0.39 is 5.82 Å². The maximum absolute atomic E-state index is 13.2. The zero-order valence-electron chi connectivity index (χ0n) is 8.99. The molecule has 0 spiro atoms. The van der Waals surface area contributed by atoms with Crippen LogP contribution >= 0.6 is 15.9 Å². The van der Waals surface area contributed by atoms with Crippen LogP contribution in [0.15, 0.2) is 46.9 Å². The third-order valence-corrected chi connectivity index (χ3v) is 2.79. The Kier molecular flexibility index (Phi) is 3.64. The van der Waals surface area contributed by atoms with Gasteiger partial charge in [-0.25, -0.2) is 4.39 Å². The second kappa shape index (κ2) is 5.19. The number of para-hydroxylation sites is 1. The molecule has 0 saturated carbocycles. The molecule has 2 rings (SSSR count). The smallest absolute Gasteiger partial charge is 0.149 e. The van der Waals surface area contributed by atoms with Gasteiger partial charge in [-0.3, -0.25) is 0 Å². The van der Waals surface area contributed by atoms with Crippen LogP contribution in [0.1, 0.15) is 5.56 Å². The van der Waals surface area contributed by atoms with E-state index in [2.05, 4.69) is 15.9 Å². The third-order valence-electron chi connectivity index (χ3n) is 2.30. The number of nitrogen functional groups attached to an aromatic ring is 1. The Morgan fingerprint density at radius 3 is 2.71 bits per heavy atom. The van der Waals surface area contributed by atoms with E-state index in [1.807, 2.05) is 24.3 Å². The minimum Gasteiger partial charge on any atom is -0.487 e. The molecule has 0 heterocycles. The fourth-order valence-electron chi connectivity index (χ4n) is 1.43. The van der Waals surface area contributed by atoms with E-state index in [0.29, 0.717) is 12.4 Å². The fourth-order valence-corrected chi connectivity index (χ4v) is 1.88. The molecule has 0 unspecified atom stereocenters. The largest absolute Gasteiger partial charge is 0.487 e. The molecular weight excluding hydrogens is 285 g/mol. The van der Waals surface area contributed by atoms with E-state index in [0.717, 1.165) is 10.0 Å². The fraction of sp³-hybridized carbons (Fsp3) is 0.0769. The van der Waals surface area contributed by atoms with Gasteiger partial charge in [0, 0.05) is 4.47 Å². The first kappa shape index (κ1) is 11.9. The standard InChI is InChI=1S/C13H11BrFNO/c14-10-4-1-3-9(7-10)8-17-12-6-2-5-11(15)13(12)16/h1-7H,8,16H2. The van der Waals surface area contributed by atoms with Crippen molar-refractivity contribution in [2.75, 3.05) is 5.73 Å². The highest BCUT2D eigenvalue weighted by molar-refractivity contribution is 9.10. The molecule has 2 aromatic rings. The van der Waals surface area contributed by atoms with Crippen LogP contribution in [-0.4, -0.2) is 0 Å². The van der Waals surface area contributed by atoms with E-state index in [1.165, 1.54) is 6.07 Å². The summed E-state index contributed by atoms with van der Waals surface area (Å²) < 4.78 is 19.6. The lowest BCUT2D eigenvalue weighted by molar-refractivity contribution is 0.306. The second-order valence-electron chi connectivity index (χ2n) is 3.57. The van der Waals surface area contributed by atoms with Crippen molar-refractivity contribution in [2.45, 2.75) is 6.61 Å². The van der Waals surface area contributed by atoms with Crippen molar-refractivity contribution in [3.63, 3.8) is 0 Å². The molecule has 0 aliphatic rings. The maximum atomic E-state index is 13.2. The van der Waals surface area contributed by atoms with Crippen molar-refractivity contribution in [3.05, 3.63) is 58.3 Å². The first-order valence-corrected chi connectivity index (χ1v) is 5.87. The van der Waals surface area contributed by atoms with Crippen molar-refractivity contribution in [3.8, 4) is 5.75 Å². The minimum absolute atomic E-state index is 0.0440. The molecule has 0 atom stereocenters. The summed E-state index contributed by atoms with van der Waals surface area (Å²) in [6.45, 7) is 0.354. The summed E-state index contributed by atoms with van der Waals surface area (Å²) in [5.74, 6) is -0.0956. The number of benzene rings is 2. The molecule has 2 N–H and O–H groups in total. The number of ether oxygens (including phenoxy) is 1. The van der Waals surface area contributed by atoms with E-state index in [9.17, 15) is 4.39 Å². The lowest BCUT2D eigenvalue weighted by atomic mass is 10.2. The van der Waals surface area contributed by atoms with Gasteiger partial charge in [-0.2, -0.15) is 0 Å². The van der Waals surface area contributed by atoms with Crippen molar-refractivity contribution in [1.29, 1.82) is 0 Å². The quantitative estimate of drug-likeness (QED) is 0.875. The molecule has 2 nitrogen and oxygen atoms in total. The van der Waals surface area contributed by atoms with Crippen LogP contribution in [0, 0.1) is 5.82 Å².